The molecule has 5 nitrogen and oxygen atoms in total. The summed E-state index contributed by atoms with van der Waals surface area (Å²) in [6.45, 7) is 2.71. The molecule has 0 spiro atoms. The average molecular weight is 240 g/mol. The van der Waals surface area contributed by atoms with Gasteiger partial charge in [-0.2, -0.15) is 4.98 Å². The Hall–Kier alpha value is -2.43. The summed E-state index contributed by atoms with van der Waals surface area (Å²) < 4.78 is 5.06. The van der Waals surface area contributed by atoms with Crippen LogP contribution < -0.4 is 5.32 Å². The second-order valence-corrected chi connectivity index (χ2v) is 3.84. The van der Waals surface area contributed by atoms with E-state index in [1.54, 1.807) is 0 Å². The molecule has 0 saturated carbocycles. The SMILES string of the molecule is CCNc1nc(-c2ccc3ccccc3n2)no1. The number of hydrogen-bond donors (Lipinski definition) is 1. The molecule has 0 aliphatic carbocycles. The topological polar surface area (TPSA) is 63.8 Å². The van der Waals surface area contributed by atoms with Gasteiger partial charge in [-0.25, -0.2) is 4.98 Å². The largest absolute Gasteiger partial charge is 0.338 e. The molecule has 1 aromatic carbocycles. The number of anilines is 1. The molecule has 3 rings (SSSR count). The van der Waals surface area contributed by atoms with Gasteiger partial charge in [0, 0.05) is 11.9 Å². The molecule has 3 aromatic rings. The van der Waals surface area contributed by atoms with E-state index in [9.17, 15) is 0 Å². The molecule has 0 radical (unpaired) electrons. The van der Waals surface area contributed by atoms with E-state index in [0.717, 1.165) is 17.4 Å². The molecular formula is C13H12N4O. The number of pyridine rings is 1. The molecule has 2 aromatic heterocycles. The van der Waals surface area contributed by atoms with Gasteiger partial charge in [-0.1, -0.05) is 29.4 Å². The first kappa shape index (κ1) is 10.7. The summed E-state index contributed by atoms with van der Waals surface area (Å²) in [5, 5.41) is 7.96. The highest BCUT2D eigenvalue weighted by Crippen LogP contribution is 2.19. The van der Waals surface area contributed by atoms with Crippen molar-refractivity contribution in [2.75, 3.05) is 11.9 Å². The van der Waals surface area contributed by atoms with Crippen molar-refractivity contribution in [3.05, 3.63) is 36.4 Å². The molecule has 1 N–H and O–H groups in total. The van der Waals surface area contributed by atoms with E-state index >= 15 is 0 Å². The maximum absolute atomic E-state index is 5.06. The van der Waals surface area contributed by atoms with Crippen LogP contribution >= 0.6 is 0 Å². The summed E-state index contributed by atoms with van der Waals surface area (Å²) in [6.07, 6.45) is 0. The molecule has 0 aliphatic heterocycles. The van der Waals surface area contributed by atoms with Crippen LogP contribution in [0, 0.1) is 0 Å². The summed E-state index contributed by atoms with van der Waals surface area (Å²) >= 11 is 0. The van der Waals surface area contributed by atoms with Crippen molar-refractivity contribution in [2.45, 2.75) is 6.92 Å². The molecule has 0 aliphatic rings. The highest BCUT2D eigenvalue weighted by Gasteiger charge is 2.09. The fourth-order valence-corrected chi connectivity index (χ4v) is 1.74. The quantitative estimate of drug-likeness (QED) is 0.762. The Morgan fingerprint density at radius 1 is 1.11 bits per heavy atom. The van der Waals surface area contributed by atoms with Crippen molar-refractivity contribution in [3.63, 3.8) is 0 Å². The number of hydrogen-bond acceptors (Lipinski definition) is 5. The van der Waals surface area contributed by atoms with Gasteiger partial charge >= 0.3 is 6.01 Å². The molecule has 0 fully saturated rings. The van der Waals surface area contributed by atoms with Crippen LogP contribution in [0.1, 0.15) is 6.92 Å². The molecular weight excluding hydrogens is 228 g/mol. The van der Waals surface area contributed by atoms with E-state index in [0.29, 0.717) is 17.5 Å². The van der Waals surface area contributed by atoms with Crippen molar-refractivity contribution >= 4 is 16.9 Å². The maximum Gasteiger partial charge on any atom is 0.321 e. The molecule has 0 unspecified atom stereocenters. The van der Waals surface area contributed by atoms with Gasteiger partial charge in [0.15, 0.2) is 0 Å². The smallest absolute Gasteiger partial charge is 0.321 e. The van der Waals surface area contributed by atoms with Crippen LogP contribution in [0.4, 0.5) is 6.01 Å². The number of nitrogens with one attached hydrogen (secondary N) is 1. The zero-order valence-corrected chi connectivity index (χ0v) is 9.92. The van der Waals surface area contributed by atoms with Crippen LogP contribution in [0.25, 0.3) is 22.4 Å². The minimum absolute atomic E-state index is 0.419. The molecule has 2 heterocycles. The molecule has 0 bridgehead atoms. The number of nitrogens with zero attached hydrogens (tertiary/aromatic N) is 3. The zero-order chi connectivity index (χ0) is 12.4. The summed E-state index contributed by atoms with van der Waals surface area (Å²) in [4.78, 5) is 8.73. The van der Waals surface area contributed by atoms with Gasteiger partial charge in [0.1, 0.15) is 5.69 Å². The van der Waals surface area contributed by atoms with E-state index in [-0.39, 0.29) is 0 Å². The first-order chi connectivity index (χ1) is 8.86. The van der Waals surface area contributed by atoms with E-state index in [4.69, 9.17) is 4.52 Å². The summed E-state index contributed by atoms with van der Waals surface area (Å²) in [6, 6.07) is 12.2. The van der Waals surface area contributed by atoms with Gasteiger partial charge in [0.05, 0.1) is 5.52 Å². The summed E-state index contributed by atoms with van der Waals surface area (Å²) in [7, 11) is 0. The number of benzene rings is 1. The summed E-state index contributed by atoms with van der Waals surface area (Å²) in [5.74, 6) is 0.497. The molecule has 0 saturated heterocycles. The van der Waals surface area contributed by atoms with Crippen LogP contribution in [0.2, 0.25) is 0 Å². The van der Waals surface area contributed by atoms with E-state index in [2.05, 4.69) is 20.4 Å². The Bertz CT molecular complexity index is 677. The summed E-state index contributed by atoms with van der Waals surface area (Å²) in [5.41, 5.74) is 1.63. The number of aromatic nitrogens is 3. The molecule has 18 heavy (non-hydrogen) atoms. The van der Waals surface area contributed by atoms with Crippen LogP contribution in [0.3, 0.4) is 0 Å². The Morgan fingerprint density at radius 2 is 2.00 bits per heavy atom. The minimum Gasteiger partial charge on any atom is -0.338 e. The predicted molar refractivity (Wildman–Crippen MR) is 69.2 cm³/mol. The Morgan fingerprint density at radius 3 is 2.89 bits per heavy atom. The monoisotopic (exact) mass is 240 g/mol. The lowest BCUT2D eigenvalue weighted by molar-refractivity contribution is 0.432. The fourth-order valence-electron chi connectivity index (χ4n) is 1.74. The van der Waals surface area contributed by atoms with Gasteiger partial charge in [-0.05, 0) is 19.1 Å². The third kappa shape index (κ3) is 1.90. The van der Waals surface area contributed by atoms with E-state index in [1.165, 1.54) is 0 Å². The second-order valence-electron chi connectivity index (χ2n) is 3.84. The molecule has 0 atom stereocenters. The Balaban J connectivity index is 2.02. The second kappa shape index (κ2) is 4.44. The van der Waals surface area contributed by atoms with E-state index in [1.807, 2.05) is 43.3 Å². The average Bonchev–Trinajstić information content (AvgIpc) is 2.87. The number of para-hydroxylation sites is 1. The highest BCUT2D eigenvalue weighted by atomic mass is 16.5. The van der Waals surface area contributed by atoms with Crippen LogP contribution in [0.5, 0.6) is 0 Å². The highest BCUT2D eigenvalue weighted by molar-refractivity contribution is 5.80. The molecule has 90 valence electrons. The molecule has 5 heteroatoms. The molecule has 0 amide bonds. The van der Waals surface area contributed by atoms with Gasteiger partial charge in [-0.3, -0.25) is 0 Å². The third-order valence-corrected chi connectivity index (χ3v) is 2.58. The predicted octanol–water partition coefficient (Wildman–Crippen LogP) is 2.72. The lowest BCUT2D eigenvalue weighted by Crippen LogP contribution is -1.96. The lowest BCUT2D eigenvalue weighted by atomic mass is 10.2. The Kier molecular flexibility index (Phi) is 2.64. The van der Waals surface area contributed by atoms with E-state index < -0.39 is 0 Å². The van der Waals surface area contributed by atoms with Gasteiger partial charge in [0.25, 0.3) is 0 Å². The van der Waals surface area contributed by atoms with Gasteiger partial charge < -0.3 is 9.84 Å². The maximum atomic E-state index is 5.06. The van der Waals surface area contributed by atoms with Crippen LogP contribution in [-0.4, -0.2) is 21.7 Å². The lowest BCUT2D eigenvalue weighted by Gasteiger charge is -1.98. The zero-order valence-electron chi connectivity index (χ0n) is 9.92. The number of fused-ring (bicyclic) bond motifs is 1. The standard InChI is InChI=1S/C13H12N4O/c1-2-14-13-16-12(17-18-13)11-8-7-9-5-3-4-6-10(9)15-11/h3-8H,2H2,1H3,(H,14,16,17). The van der Waals surface area contributed by atoms with Crippen LogP contribution in [0.15, 0.2) is 40.9 Å². The van der Waals surface area contributed by atoms with Gasteiger partial charge in [0.2, 0.25) is 5.82 Å². The van der Waals surface area contributed by atoms with Crippen molar-refractivity contribution in [3.8, 4) is 11.5 Å². The van der Waals surface area contributed by atoms with Crippen molar-refractivity contribution in [1.29, 1.82) is 0 Å². The third-order valence-electron chi connectivity index (χ3n) is 2.58. The van der Waals surface area contributed by atoms with Gasteiger partial charge in [-0.15, -0.1) is 0 Å². The van der Waals surface area contributed by atoms with Crippen molar-refractivity contribution in [1.82, 2.24) is 15.1 Å². The normalized spacial score (nSPS) is 10.7. The fraction of sp³-hybridized carbons (Fsp3) is 0.154. The Labute approximate surface area is 104 Å². The van der Waals surface area contributed by atoms with Crippen molar-refractivity contribution < 1.29 is 4.52 Å². The first-order valence-electron chi connectivity index (χ1n) is 5.80. The van der Waals surface area contributed by atoms with Crippen LogP contribution in [-0.2, 0) is 0 Å². The van der Waals surface area contributed by atoms with Crippen molar-refractivity contribution in [2.24, 2.45) is 0 Å². The minimum atomic E-state index is 0.419. The number of rotatable bonds is 3. The first-order valence-corrected chi connectivity index (χ1v) is 5.80.